The second-order valence-electron chi connectivity index (χ2n) is 8.20. The number of anilines is 1. The smallest absolute Gasteiger partial charge is 0.276 e. The maximum Gasteiger partial charge on any atom is 0.276 e. The van der Waals surface area contributed by atoms with Gasteiger partial charge in [-0.25, -0.2) is 4.98 Å². The van der Waals surface area contributed by atoms with Crippen LogP contribution < -0.4 is 4.90 Å². The molecule has 162 valence electrons. The van der Waals surface area contributed by atoms with Gasteiger partial charge in [-0.2, -0.15) is 5.26 Å². The molecule has 0 unspecified atom stereocenters. The van der Waals surface area contributed by atoms with Gasteiger partial charge < -0.3 is 19.1 Å². The number of hydrogen-bond acceptors (Lipinski definition) is 7. The molecular weight excluding hydrogens is 406 g/mol. The lowest BCUT2D eigenvalue weighted by Gasteiger charge is -2.47. The lowest BCUT2D eigenvalue weighted by molar-refractivity contribution is -0.0870. The summed E-state index contributed by atoms with van der Waals surface area (Å²) in [6.45, 7) is 3.19. The van der Waals surface area contributed by atoms with Crippen LogP contribution in [-0.2, 0) is 4.74 Å². The number of benzene rings is 1. The quantitative estimate of drug-likeness (QED) is 0.631. The minimum absolute atomic E-state index is 0.123. The molecule has 1 spiro atoms. The molecule has 2 aliphatic heterocycles. The van der Waals surface area contributed by atoms with Crippen LogP contribution in [0.3, 0.4) is 0 Å². The predicted octanol–water partition coefficient (Wildman–Crippen LogP) is 3.12. The SMILES string of the molecule is N#Cc1ccnc(N2CCOC3(CCN(C(=O)c4cc(-c5ccccc5)on4)CC3)C2)c1. The van der Waals surface area contributed by atoms with E-state index in [4.69, 9.17) is 9.26 Å². The number of aromatic nitrogens is 2. The Hall–Kier alpha value is -3.70. The number of morpholine rings is 1. The summed E-state index contributed by atoms with van der Waals surface area (Å²) in [7, 11) is 0. The van der Waals surface area contributed by atoms with Crippen LogP contribution in [0.5, 0.6) is 0 Å². The Labute approximate surface area is 186 Å². The van der Waals surface area contributed by atoms with E-state index in [-0.39, 0.29) is 11.5 Å². The number of ether oxygens (including phenoxy) is 1. The second kappa shape index (κ2) is 8.44. The van der Waals surface area contributed by atoms with Gasteiger partial charge in [0.1, 0.15) is 5.82 Å². The van der Waals surface area contributed by atoms with Crippen LogP contribution in [0.4, 0.5) is 5.82 Å². The zero-order valence-corrected chi connectivity index (χ0v) is 17.6. The van der Waals surface area contributed by atoms with Crippen LogP contribution >= 0.6 is 0 Å². The van der Waals surface area contributed by atoms with E-state index in [0.717, 1.165) is 30.8 Å². The van der Waals surface area contributed by atoms with Crippen LogP contribution in [0, 0.1) is 11.3 Å². The van der Waals surface area contributed by atoms with E-state index in [1.54, 1.807) is 18.3 Å². The Bertz CT molecular complexity index is 1150. The van der Waals surface area contributed by atoms with Crippen molar-refractivity contribution in [2.45, 2.75) is 18.4 Å². The Morgan fingerprint density at radius 1 is 1.09 bits per heavy atom. The van der Waals surface area contributed by atoms with Crippen LogP contribution in [-0.4, -0.2) is 59.3 Å². The molecule has 4 heterocycles. The van der Waals surface area contributed by atoms with Crippen molar-refractivity contribution in [2.75, 3.05) is 37.7 Å². The maximum absolute atomic E-state index is 13.0. The molecule has 5 rings (SSSR count). The van der Waals surface area contributed by atoms with Crippen LogP contribution in [0.1, 0.15) is 28.9 Å². The first-order chi connectivity index (χ1) is 15.7. The maximum atomic E-state index is 13.0. The molecule has 8 nitrogen and oxygen atoms in total. The summed E-state index contributed by atoms with van der Waals surface area (Å²) in [5.74, 6) is 1.25. The molecule has 0 atom stereocenters. The molecule has 0 saturated carbocycles. The average Bonchev–Trinajstić information content (AvgIpc) is 3.35. The van der Waals surface area contributed by atoms with E-state index in [0.29, 0.717) is 43.3 Å². The summed E-state index contributed by atoms with van der Waals surface area (Å²) in [4.78, 5) is 21.4. The second-order valence-corrected chi connectivity index (χ2v) is 8.20. The third kappa shape index (κ3) is 3.95. The third-order valence-corrected chi connectivity index (χ3v) is 6.20. The summed E-state index contributed by atoms with van der Waals surface area (Å²) in [6.07, 6.45) is 3.13. The van der Waals surface area contributed by atoms with Gasteiger partial charge in [0, 0.05) is 44.0 Å². The first-order valence-electron chi connectivity index (χ1n) is 10.7. The molecule has 0 bridgehead atoms. The number of amides is 1. The van der Waals surface area contributed by atoms with Crippen LogP contribution in [0.15, 0.2) is 59.3 Å². The number of nitriles is 1. The Kier molecular flexibility index (Phi) is 5.33. The van der Waals surface area contributed by atoms with Gasteiger partial charge in [0.15, 0.2) is 11.5 Å². The molecule has 0 N–H and O–H groups in total. The van der Waals surface area contributed by atoms with Gasteiger partial charge in [-0.05, 0) is 25.0 Å². The van der Waals surface area contributed by atoms with Crippen molar-refractivity contribution in [1.29, 1.82) is 5.26 Å². The summed E-state index contributed by atoms with van der Waals surface area (Å²) in [5.41, 5.74) is 1.49. The summed E-state index contributed by atoms with van der Waals surface area (Å²) in [5, 5.41) is 13.2. The molecule has 0 aliphatic carbocycles. The van der Waals surface area contributed by atoms with E-state index in [9.17, 15) is 10.1 Å². The molecule has 2 aliphatic rings. The van der Waals surface area contributed by atoms with E-state index < -0.39 is 0 Å². The first-order valence-corrected chi connectivity index (χ1v) is 10.7. The van der Waals surface area contributed by atoms with Gasteiger partial charge in [-0.1, -0.05) is 35.5 Å². The summed E-state index contributed by atoms with van der Waals surface area (Å²) < 4.78 is 11.6. The lowest BCUT2D eigenvalue weighted by Crippen LogP contribution is -2.57. The van der Waals surface area contributed by atoms with Crippen molar-refractivity contribution in [3.05, 3.63) is 66.0 Å². The van der Waals surface area contributed by atoms with E-state index in [1.165, 1.54) is 0 Å². The zero-order chi connectivity index (χ0) is 22.0. The fourth-order valence-electron chi connectivity index (χ4n) is 4.40. The molecule has 3 aromatic rings. The molecular formula is C24H23N5O3. The summed E-state index contributed by atoms with van der Waals surface area (Å²) >= 11 is 0. The summed E-state index contributed by atoms with van der Waals surface area (Å²) in [6, 6.07) is 17.0. The van der Waals surface area contributed by atoms with Gasteiger partial charge in [0.25, 0.3) is 5.91 Å². The minimum Gasteiger partial charge on any atom is -0.371 e. The zero-order valence-electron chi connectivity index (χ0n) is 17.6. The van der Waals surface area contributed by atoms with Crippen molar-refractivity contribution >= 4 is 11.7 Å². The molecule has 32 heavy (non-hydrogen) atoms. The molecule has 2 fully saturated rings. The highest BCUT2D eigenvalue weighted by atomic mass is 16.5. The number of likely N-dealkylation sites (tertiary alicyclic amines) is 1. The normalized spacial score (nSPS) is 17.8. The molecule has 1 amide bonds. The van der Waals surface area contributed by atoms with Crippen molar-refractivity contribution in [3.8, 4) is 17.4 Å². The van der Waals surface area contributed by atoms with Gasteiger partial charge >= 0.3 is 0 Å². The molecule has 0 radical (unpaired) electrons. The largest absolute Gasteiger partial charge is 0.371 e. The average molecular weight is 429 g/mol. The number of rotatable bonds is 3. The van der Waals surface area contributed by atoms with E-state index in [2.05, 4.69) is 21.1 Å². The van der Waals surface area contributed by atoms with Gasteiger partial charge in [0.2, 0.25) is 0 Å². The molecule has 8 heteroatoms. The first kappa shape index (κ1) is 20.2. The number of nitrogens with zero attached hydrogens (tertiary/aromatic N) is 5. The van der Waals surface area contributed by atoms with Crippen molar-refractivity contribution in [1.82, 2.24) is 15.0 Å². The molecule has 1 aromatic carbocycles. The van der Waals surface area contributed by atoms with Gasteiger partial charge in [-0.3, -0.25) is 4.79 Å². The van der Waals surface area contributed by atoms with E-state index in [1.807, 2.05) is 41.3 Å². The number of carbonyl (C=O) groups is 1. The monoisotopic (exact) mass is 429 g/mol. The lowest BCUT2D eigenvalue weighted by atomic mass is 9.89. The van der Waals surface area contributed by atoms with Crippen molar-refractivity contribution < 1.29 is 14.1 Å². The highest BCUT2D eigenvalue weighted by Crippen LogP contribution is 2.32. The van der Waals surface area contributed by atoms with E-state index >= 15 is 0 Å². The van der Waals surface area contributed by atoms with Crippen LogP contribution in [0.25, 0.3) is 11.3 Å². The molecule has 2 aromatic heterocycles. The van der Waals surface area contributed by atoms with Crippen molar-refractivity contribution in [3.63, 3.8) is 0 Å². The standard InChI is InChI=1S/C24H23N5O3/c25-16-18-6-9-26-22(14-18)29-12-13-31-24(17-29)7-10-28(11-8-24)23(30)20-15-21(32-27-20)19-4-2-1-3-5-19/h1-6,9,14-15H,7-8,10-13,17H2. The van der Waals surface area contributed by atoms with Crippen molar-refractivity contribution in [2.24, 2.45) is 0 Å². The minimum atomic E-state index is -0.321. The van der Waals surface area contributed by atoms with Gasteiger partial charge in [-0.15, -0.1) is 0 Å². The Morgan fingerprint density at radius 3 is 2.69 bits per heavy atom. The molecule has 2 saturated heterocycles. The van der Waals surface area contributed by atoms with Gasteiger partial charge in [0.05, 0.1) is 23.8 Å². The highest BCUT2D eigenvalue weighted by molar-refractivity contribution is 5.93. The number of pyridine rings is 1. The fraction of sp³-hybridized carbons (Fsp3) is 0.333. The number of piperidine rings is 1. The topological polar surface area (TPSA) is 95.5 Å². The number of carbonyl (C=O) groups excluding carboxylic acids is 1. The number of hydrogen-bond donors (Lipinski definition) is 0. The Morgan fingerprint density at radius 2 is 1.91 bits per heavy atom. The third-order valence-electron chi connectivity index (χ3n) is 6.20. The van der Waals surface area contributed by atoms with Crippen LogP contribution in [0.2, 0.25) is 0 Å². The fourth-order valence-corrected chi connectivity index (χ4v) is 4.40. The highest BCUT2D eigenvalue weighted by Gasteiger charge is 2.41. The Balaban J connectivity index is 1.24. The predicted molar refractivity (Wildman–Crippen MR) is 117 cm³/mol.